The number of methoxy groups -OCH3 is 1. The van der Waals surface area contributed by atoms with Crippen molar-refractivity contribution >= 4 is 18.0 Å². The minimum absolute atomic E-state index is 0.0388. The average molecular weight is 393 g/mol. The molecule has 1 aromatic carbocycles. The second kappa shape index (κ2) is 9.08. The van der Waals surface area contributed by atoms with Crippen LogP contribution in [0.5, 0.6) is 0 Å². The van der Waals surface area contributed by atoms with E-state index in [9.17, 15) is 14.4 Å². The van der Waals surface area contributed by atoms with E-state index < -0.39 is 41.2 Å². The Morgan fingerprint density at radius 2 is 1.43 bits per heavy atom. The highest BCUT2D eigenvalue weighted by Gasteiger charge is 2.46. The number of amides is 1. The number of nitrogens with one attached hydrogen (secondary N) is 1. The lowest BCUT2D eigenvalue weighted by Crippen LogP contribution is -2.60. The minimum atomic E-state index is -1.68. The lowest BCUT2D eigenvalue weighted by atomic mass is 9.87. The Morgan fingerprint density at radius 1 is 0.893 bits per heavy atom. The summed E-state index contributed by atoms with van der Waals surface area (Å²) in [6.07, 6.45) is -1.18. The van der Waals surface area contributed by atoms with Gasteiger partial charge in [0, 0.05) is 6.42 Å². The Bertz CT molecular complexity index is 687. The van der Waals surface area contributed by atoms with Crippen molar-refractivity contribution in [2.45, 2.75) is 71.1 Å². The fraction of sp³-hybridized carbons (Fsp3) is 0.571. The molecule has 0 aliphatic rings. The number of esters is 2. The van der Waals surface area contributed by atoms with E-state index >= 15 is 0 Å². The molecule has 0 saturated heterocycles. The maximum Gasteiger partial charge on any atom is 0.408 e. The molecule has 0 spiro atoms. The van der Waals surface area contributed by atoms with Gasteiger partial charge in [0.2, 0.25) is 0 Å². The van der Waals surface area contributed by atoms with Crippen molar-refractivity contribution < 1.29 is 28.6 Å². The van der Waals surface area contributed by atoms with E-state index in [0.717, 1.165) is 5.56 Å². The molecule has 1 N–H and O–H groups in total. The highest BCUT2D eigenvalue weighted by molar-refractivity contribution is 5.91. The summed E-state index contributed by atoms with van der Waals surface area (Å²) in [6, 6.07) is 9.04. The first-order valence-electron chi connectivity index (χ1n) is 9.12. The van der Waals surface area contributed by atoms with Gasteiger partial charge < -0.3 is 19.5 Å². The number of carbonyl (C=O) groups is 3. The molecule has 0 aromatic heterocycles. The summed E-state index contributed by atoms with van der Waals surface area (Å²) in [5.41, 5.74) is -2.52. The monoisotopic (exact) mass is 393 g/mol. The fourth-order valence-electron chi connectivity index (χ4n) is 2.48. The molecular weight excluding hydrogens is 362 g/mol. The van der Waals surface area contributed by atoms with Crippen LogP contribution in [-0.4, -0.2) is 41.9 Å². The number of carbonyl (C=O) groups excluding carboxylic acids is 3. The van der Waals surface area contributed by atoms with Crippen molar-refractivity contribution in [2.24, 2.45) is 0 Å². The zero-order valence-electron chi connectivity index (χ0n) is 17.8. The molecule has 0 aliphatic carbocycles. The van der Waals surface area contributed by atoms with Gasteiger partial charge in [0.25, 0.3) is 0 Å². The minimum Gasteiger partial charge on any atom is -0.469 e. The smallest absolute Gasteiger partial charge is 0.408 e. The first-order chi connectivity index (χ1) is 12.8. The van der Waals surface area contributed by atoms with Gasteiger partial charge in [-0.2, -0.15) is 0 Å². The molecule has 1 aromatic rings. The summed E-state index contributed by atoms with van der Waals surface area (Å²) >= 11 is 0. The van der Waals surface area contributed by atoms with E-state index in [4.69, 9.17) is 14.2 Å². The maximum atomic E-state index is 13.1. The SMILES string of the molecule is COC(=O)CC(Cc1ccccc1)(NC(=O)OC(C)(C)C)C(=O)OC(C)(C)C. The number of benzene rings is 1. The average Bonchev–Trinajstić information content (AvgIpc) is 2.51. The van der Waals surface area contributed by atoms with Crippen molar-refractivity contribution in [3.05, 3.63) is 35.9 Å². The van der Waals surface area contributed by atoms with E-state index in [0.29, 0.717) is 0 Å². The fourth-order valence-corrected chi connectivity index (χ4v) is 2.48. The molecule has 0 heterocycles. The van der Waals surface area contributed by atoms with Gasteiger partial charge in [0.15, 0.2) is 5.54 Å². The molecule has 7 heteroatoms. The predicted octanol–water partition coefficient (Wildman–Crippen LogP) is 3.40. The van der Waals surface area contributed by atoms with E-state index in [1.807, 2.05) is 6.07 Å². The van der Waals surface area contributed by atoms with Crippen LogP contribution < -0.4 is 5.32 Å². The summed E-state index contributed by atoms with van der Waals surface area (Å²) in [7, 11) is 1.22. The topological polar surface area (TPSA) is 90.9 Å². The first-order valence-corrected chi connectivity index (χ1v) is 9.12. The summed E-state index contributed by atoms with van der Waals surface area (Å²) in [5, 5.41) is 2.59. The Balaban J connectivity index is 3.35. The Hall–Kier alpha value is -2.57. The van der Waals surface area contributed by atoms with Crippen molar-refractivity contribution in [3.63, 3.8) is 0 Å². The second-order valence-electron chi connectivity index (χ2n) is 8.63. The summed E-state index contributed by atoms with van der Waals surface area (Å²) in [5.74, 6) is -1.39. The van der Waals surface area contributed by atoms with Gasteiger partial charge in [0.1, 0.15) is 11.2 Å². The number of hydrogen-bond acceptors (Lipinski definition) is 6. The van der Waals surface area contributed by atoms with Gasteiger partial charge in [-0.1, -0.05) is 30.3 Å². The molecule has 0 radical (unpaired) electrons. The van der Waals surface area contributed by atoms with Crippen LogP contribution in [0.15, 0.2) is 30.3 Å². The van der Waals surface area contributed by atoms with E-state index in [2.05, 4.69) is 5.32 Å². The molecule has 1 rings (SSSR count). The van der Waals surface area contributed by atoms with Gasteiger partial charge in [-0.15, -0.1) is 0 Å². The zero-order chi connectivity index (χ0) is 21.6. The molecule has 28 heavy (non-hydrogen) atoms. The molecule has 0 bridgehead atoms. The molecule has 0 fully saturated rings. The maximum absolute atomic E-state index is 13.1. The molecule has 0 aliphatic heterocycles. The largest absolute Gasteiger partial charge is 0.469 e. The van der Waals surface area contributed by atoms with Crippen LogP contribution in [0.25, 0.3) is 0 Å². The lowest BCUT2D eigenvalue weighted by molar-refractivity contribution is -0.167. The Kier molecular flexibility index (Phi) is 7.61. The third kappa shape index (κ3) is 7.98. The summed E-state index contributed by atoms with van der Waals surface area (Å²) in [6.45, 7) is 10.3. The molecule has 1 unspecified atom stereocenters. The van der Waals surface area contributed by atoms with Crippen LogP contribution in [0.3, 0.4) is 0 Å². The van der Waals surface area contributed by atoms with Gasteiger partial charge in [-0.3, -0.25) is 4.79 Å². The van der Waals surface area contributed by atoms with Crippen molar-refractivity contribution in [1.29, 1.82) is 0 Å². The Morgan fingerprint density at radius 3 is 1.89 bits per heavy atom. The quantitative estimate of drug-likeness (QED) is 0.588. The van der Waals surface area contributed by atoms with Gasteiger partial charge in [-0.05, 0) is 47.1 Å². The molecule has 1 amide bonds. The lowest BCUT2D eigenvalue weighted by Gasteiger charge is -2.35. The number of ether oxygens (including phenoxy) is 3. The van der Waals surface area contributed by atoms with Crippen LogP contribution in [0, 0.1) is 0 Å². The highest BCUT2D eigenvalue weighted by Crippen LogP contribution is 2.24. The molecule has 0 saturated carbocycles. The van der Waals surface area contributed by atoms with Crippen LogP contribution in [0.1, 0.15) is 53.5 Å². The van der Waals surface area contributed by atoms with Crippen LogP contribution in [-0.2, 0) is 30.2 Å². The van der Waals surface area contributed by atoms with Gasteiger partial charge >= 0.3 is 18.0 Å². The van der Waals surface area contributed by atoms with Crippen LogP contribution in [0.4, 0.5) is 4.79 Å². The standard InChI is InChI=1S/C21H31NO6/c1-19(2,3)27-17(24)21(14-16(23)26-7,13-15-11-9-8-10-12-15)22-18(25)28-20(4,5)6/h8-12H,13-14H2,1-7H3,(H,22,25). The highest BCUT2D eigenvalue weighted by atomic mass is 16.6. The second-order valence-corrected chi connectivity index (χ2v) is 8.63. The Labute approximate surface area is 166 Å². The normalized spacial score (nSPS) is 13.8. The number of alkyl carbamates (subject to hydrolysis) is 1. The summed E-state index contributed by atoms with van der Waals surface area (Å²) < 4.78 is 15.6. The van der Waals surface area contributed by atoms with Crippen LogP contribution in [0.2, 0.25) is 0 Å². The number of hydrogen-bond donors (Lipinski definition) is 1. The zero-order valence-corrected chi connectivity index (χ0v) is 17.8. The van der Waals surface area contributed by atoms with E-state index in [-0.39, 0.29) is 6.42 Å². The molecule has 1 atom stereocenters. The predicted molar refractivity (Wildman–Crippen MR) is 105 cm³/mol. The molecular formula is C21H31NO6. The van der Waals surface area contributed by atoms with E-state index in [1.54, 1.807) is 65.8 Å². The summed E-state index contributed by atoms with van der Waals surface area (Å²) in [4.78, 5) is 37.8. The third-order valence-corrected chi connectivity index (χ3v) is 3.55. The first kappa shape index (κ1) is 23.5. The van der Waals surface area contributed by atoms with Crippen molar-refractivity contribution in [1.82, 2.24) is 5.32 Å². The van der Waals surface area contributed by atoms with Gasteiger partial charge in [-0.25, -0.2) is 9.59 Å². The van der Waals surface area contributed by atoms with Crippen molar-refractivity contribution in [3.8, 4) is 0 Å². The molecule has 7 nitrogen and oxygen atoms in total. The van der Waals surface area contributed by atoms with Crippen LogP contribution >= 0.6 is 0 Å². The van der Waals surface area contributed by atoms with Crippen molar-refractivity contribution in [2.75, 3.05) is 7.11 Å². The van der Waals surface area contributed by atoms with E-state index in [1.165, 1.54) is 7.11 Å². The van der Waals surface area contributed by atoms with Gasteiger partial charge in [0.05, 0.1) is 13.5 Å². The molecule has 156 valence electrons. The number of rotatable bonds is 6. The third-order valence-electron chi connectivity index (χ3n) is 3.55.